The van der Waals surface area contributed by atoms with Crippen LogP contribution in [0.1, 0.15) is 4.88 Å². The highest BCUT2D eigenvalue weighted by atomic mass is 35.5. The van der Waals surface area contributed by atoms with Gasteiger partial charge < -0.3 is 10.2 Å². The van der Waals surface area contributed by atoms with Crippen molar-refractivity contribution in [2.24, 2.45) is 0 Å². The summed E-state index contributed by atoms with van der Waals surface area (Å²) in [5, 5.41) is 2.69. The van der Waals surface area contributed by atoms with Crippen LogP contribution in [0.2, 0.25) is 4.34 Å². The van der Waals surface area contributed by atoms with E-state index < -0.39 is 0 Å². The molecular weight excluding hydrogens is 287 g/mol. The first-order chi connectivity index (χ1) is 9.04. The third-order valence-corrected chi connectivity index (χ3v) is 3.68. The van der Waals surface area contributed by atoms with Gasteiger partial charge in [-0.3, -0.25) is 0 Å². The van der Waals surface area contributed by atoms with Crippen LogP contribution in [0.15, 0.2) is 36.4 Å². The number of urea groups is 1. The zero-order chi connectivity index (χ0) is 13.8. The summed E-state index contributed by atoms with van der Waals surface area (Å²) in [6, 6.07) is 9.06. The standard InChI is InChI=1S/C13H12ClFN2OS/c1-17(8-11-6-7-12(14)19-11)13(18)16-10-4-2-9(15)3-5-10/h2-7H,8H2,1H3,(H,16,18). The van der Waals surface area contributed by atoms with Crippen molar-refractivity contribution < 1.29 is 9.18 Å². The van der Waals surface area contributed by atoms with E-state index >= 15 is 0 Å². The van der Waals surface area contributed by atoms with E-state index in [0.29, 0.717) is 16.6 Å². The molecule has 0 fully saturated rings. The third kappa shape index (κ3) is 3.94. The highest BCUT2D eigenvalue weighted by Gasteiger charge is 2.10. The summed E-state index contributed by atoms with van der Waals surface area (Å²) < 4.78 is 13.4. The normalized spacial score (nSPS) is 10.3. The van der Waals surface area contributed by atoms with Crippen molar-refractivity contribution in [1.82, 2.24) is 4.90 Å². The van der Waals surface area contributed by atoms with Gasteiger partial charge in [-0.2, -0.15) is 0 Å². The predicted octanol–water partition coefficient (Wildman–Crippen LogP) is 4.20. The molecule has 0 saturated heterocycles. The number of benzene rings is 1. The highest BCUT2D eigenvalue weighted by molar-refractivity contribution is 7.16. The van der Waals surface area contributed by atoms with Gasteiger partial charge in [-0.1, -0.05) is 11.6 Å². The molecule has 0 aliphatic heterocycles. The molecule has 1 N–H and O–H groups in total. The number of thiophene rings is 1. The first-order valence-electron chi connectivity index (χ1n) is 5.56. The van der Waals surface area contributed by atoms with Crippen molar-refractivity contribution in [3.8, 4) is 0 Å². The number of amides is 2. The van der Waals surface area contributed by atoms with Gasteiger partial charge in [-0.05, 0) is 36.4 Å². The van der Waals surface area contributed by atoms with Gasteiger partial charge in [0.25, 0.3) is 0 Å². The van der Waals surface area contributed by atoms with Gasteiger partial charge in [0.1, 0.15) is 5.82 Å². The SMILES string of the molecule is CN(Cc1ccc(Cl)s1)C(=O)Nc1ccc(F)cc1. The summed E-state index contributed by atoms with van der Waals surface area (Å²) in [6.07, 6.45) is 0. The highest BCUT2D eigenvalue weighted by Crippen LogP contribution is 2.22. The molecule has 2 amide bonds. The van der Waals surface area contributed by atoms with Gasteiger partial charge in [0.2, 0.25) is 0 Å². The van der Waals surface area contributed by atoms with Crippen LogP contribution in [-0.4, -0.2) is 18.0 Å². The first kappa shape index (κ1) is 13.8. The molecule has 0 atom stereocenters. The summed E-state index contributed by atoms with van der Waals surface area (Å²) in [6.45, 7) is 0.477. The maximum atomic E-state index is 12.7. The van der Waals surface area contributed by atoms with E-state index in [2.05, 4.69) is 5.32 Å². The van der Waals surface area contributed by atoms with Crippen LogP contribution in [0.3, 0.4) is 0 Å². The molecule has 0 saturated carbocycles. The van der Waals surface area contributed by atoms with Crippen molar-refractivity contribution >= 4 is 34.7 Å². The van der Waals surface area contributed by atoms with Crippen LogP contribution >= 0.6 is 22.9 Å². The van der Waals surface area contributed by atoms with E-state index in [0.717, 1.165) is 4.88 Å². The Labute approximate surface area is 119 Å². The second-order valence-corrected chi connectivity index (χ2v) is 5.80. The smallest absolute Gasteiger partial charge is 0.321 e. The number of hydrogen-bond acceptors (Lipinski definition) is 2. The van der Waals surface area contributed by atoms with E-state index in [1.807, 2.05) is 6.07 Å². The number of nitrogens with one attached hydrogen (secondary N) is 1. The molecular formula is C13H12ClFN2OS. The van der Waals surface area contributed by atoms with E-state index in [1.54, 1.807) is 13.1 Å². The van der Waals surface area contributed by atoms with Gasteiger partial charge in [-0.25, -0.2) is 9.18 Å². The first-order valence-corrected chi connectivity index (χ1v) is 6.76. The minimum atomic E-state index is -0.334. The molecule has 0 bridgehead atoms. The van der Waals surface area contributed by atoms with Crippen LogP contribution in [-0.2, 0) is 6.54 Å². The van der Waals surface area contributed by atoms with Crippen LogP contribution < -0.4 is 5.32 Å². The fourth-order valence-electron chi connectivity index (χ4n) is 1.49. The van der Waals surface area contributed by atoms with E-state index in [1.165, 1.54) is 40.5 Å². The lowest BCUT2D eigenvalue weighted by Crippen LogP contribution is -2.30. The molecule has 1 aromatic carbocycles. The predicted molar refractivity (Wildman–Crippen MR) is 76.2 cm³/mol. The monoisotopic (exact) mass is 298 g/mol. The average molecular weight is 299 g/mol. The lowest BCUT2D eigenvalue weighted by atomic mass is 10.3. The van der Waals surface area contributed by atoms with Gasteiger partial charge in [0.15, 0.2) is 0 Å². The molecule has 0 spiro atoms. The summed E-state index contributed by atoms with van der Waals surface area (Å²) in [5.74, 6) is -0.334. The quantitative estimate of drug-likeness (QED) is 0.905. The Morgan fingerprint density at radius 2 is 2.00 bits per heavy atom. The van der Waals surface area contributed by atoms with Crippen LogP contribution in [0.4, 0.5) is 14.9 Å². The molecule has 1 aromatic heterocycles. The Morgan fingerprint density at radius 3 is 2.58 bits per heavy atom. The average Bonchev–Trinajstić information content (AvgIpc) is 2.77. The molecule has 100 valence electrons. The van der Waals surface area contributed by atoms with Crippen LogP contribution in [0.25, 0.3) is 0 Å². The minimum absolute atomic E-state index is 0.254. The molecule has 2 rings (SSSR count). The van der Waals surface area contributed by atoms with Gasteiger partial charge in [0, 0.05) is 17.6 Å². The summed E-state index contributed by atoms with van der Waals surface area (Å²) in [7, 11) is 1.69. The van der Waals surface area contributed by atoms with E-state index in [-0.39, 0.29) is 11.8 Å². The number of nitrogens with zero attached hydrogens (tertiary/aromatic N) is 1. The second kappa shape index (κ2) is 6.04. The molecule has 0 aliphatic rings. The van der Waals surface area contributed by atoms with E-state index in [9.17, 15) is 9.18 Å². The Hall–Kier alpha value is -1.59. The zero-order valence-corrected chi connectivity index (χ0v) is 11.8. The fraction of sp³-hybridized carbons (Fsp3) is 0.154. The van der Waals surface area contributed by atoms with Crippen molar-refractivity contribution in [2.75, 3.05) is 12.4 Å². The van der Waals surface area contributed by atoms with Crippen molar-refractivity contribution in [1.29, 1.82) is 0 Å². The minimum Gasteiger partial charge on any atom is -0.322 e. The Bertz CT molecular complexity index is 570. The van der Waals surface area contributed by atoms with E-state index in [4.69, 9.17) is 11.6 Å². The summed E-state index contributed by atoms with van der Waals surface area (Å²) in [5.41, 5.74) is 0.558. The van der Waals surface area contributed by atoms with Crippen molar-refractivity contribution in [3.05, 3.63) is 51.4 Å². The molecule has 19 heavy (non-hydrogen) atoms. The molecule has 3 nitrogen and oxygen atoms in total. The molecule has 6 heteroatoms. The Kier molecular flexibility index (Phi) is 4.39. The lowest BCUT2D eigenvalue weighted by Gasteiger charge is -2.17. The number of carbonyl (C=O) groups is 1. The molecule has 0 aliphatic carbocycles. The van der Waals surface area contributed by atoms with Crippen molar-refractivity contribution in [2.45, 2.75) is 6.54 Å². The molecule has 0 radical (unpaired) electrons. The lowest BCUT2D eigenvalue weighted by molar-refractivity contribution is 0.221. The molecule has 2 aromatic rings. The largest absolute Gasteiger partial charge is 0.322 e. The summed E-state index contributed by atoms with van der Waals surface area (Å²) in [4.78, 5) is 14.4. The summed E-state index contributed by atoms with van der Waals surface area (Å²) >= 11 is 7.27. The zero-order valence-electron chi connectivity index (χ0n) is 10.2. The van der Waals surface area contributed by atoms with Gasteiger partial charge >= 0.3 is 6.03 Å². The number of carbonyl (C=O) groups excluding carboxylic acids is 1. The fourth-order valence-corrected chi connectivity index (χ4v) is 2.64. The maximum Gasteiger partial charge on any atom is 0.321 e. The maximum absolute atomic E-state index is 12.7. The number of halogens is 2. The van der Waals surface area contributed by atoms with Gasteiger partial charge in [0.05, 0.1) is 10.9 Å². The van der Waals surface area contributed by atoms with Crippen LogP contribution in [0.5, 0.6) is 0 Å². The Balaban J connectivity index is 1.94. The number of rotatable bonds is 3. The Morgan fingerprint density at radius 1 is 1.32 bits per heavy atom. The van der Waals surface area contributed by atoms with Crippen molar-refractivity contribution in [3.63, 3.8) is 0 Å². The van der Waals surface area contributed by atoms with Crippen LogP contribution in [0, 0.1) is 5.82 Å². The third-order valence-electron chi connectivity index (χ3n) is 2.46. The number of anilines is 1. The second-order valence-electron chi connectivity index (χ2n) is 4.00. The molecule has 0 unspecified atom stereocenters. The topological polar surface area (TPSA) is 32.3 Å². The van der Waals surface area contributed by atoms with Gasteiger partial charge in [-0.15, -0.1) is 11.3 Å². The number of hydrogen-bond donors (Lipinski definition) is 1. The molecule has 1 heterocycles.